The van der Waals surface area contributed by atoms with Gasteiger partial charge in [-0.05, 0) is 45.4 Å². The lowest BCUT2D eigenvalue weighted by Gasteiger charge is -2.12. The summed E-state index contributed by atoms with van der Waals surface area (Å²) in [6, 6.07) is 3.88. The molecule has 2 aromatic heterocycles. The molecule has 19 heavy (non-hydrogen) atoms. The molecule has 4 heteroatoms. The number of aryl methyl sites for hydroxylation is 2. The summed E-state index contributed by atoms with van der Waals surface area (Å²) in [6.45, 7) is 8.05. The number of thiophene rings is 1. The standard InChI is InChI=1S/C15H19NO2S/c1-9(2)18-13-6-12(7-16-8-13)15(17)14-5-10(3)11(4)19-14/h5-9,15,17H,1-4H3. The van der Waals surface area contributed by atoms with Crippen molar-refractivity contribution in [1.82, 2.24) is 4.98 Å². The monoisotopic (exact) mass is 277 g/mol. The number of rotatable bonds is 4. The Balaban J connectivity index is 2.25. The van der Waals surface area contributed by atoms with E-state index in [4.69, 9.17) is 4.74 Å². The predicted octanol–water partition coefficient (Wildman–Crippen LogP) is 3.63. The molecular formula is C15H19NO2S. The summed E-state index contributed by atoms with van der Waals surface area (Å²) in [5.74, 6) is 0.691. The first kappa shape index (κ1) is 14.0. The molecule has 0 aliphatic heterocycles. The molecule has 2 rings (SSSR count). The lowest BCUT2D eigenvalue weighted by Crippen LogP contribution is -2.07. The number of hydrogen-bond acceptors (Lipinski definition) is 4. The molecule has 2 aromatic rings. The fourth-order valence-electron chi connectivity index (χ4n) is 1.82. The van der Waals surface area contributed by atoms with Gasteiger partial charge in [-0.25, -0.2) is 0 Å². The zero-order valence-electron chi connectivity index (χ0n) is 11.7. The molecule has 0 amide bonds. The minimum Gasteiger partial charge on any atom is -0.489 e. The van der Waals surface area contributed by atoms with Gasteiger partial charge in [0.25, 0.3) is 0 Å². The molecule has 0 spiro atoms. The van der Waals surface area contributed by atoms with Crippen molar-refractivity contribution in [3.63, 3.8) is 0 Å². The van der Waals surface area contributed by atoms with Crippen molar-refractivity contribution in [3.8, 4) is 5.75 Å². The van der Waals surface area contributed by atoms with E-state index in [1.54, 1.807) is 23.7 Å². The van der Waals surface area contributed by atoms with Gasteiger partial charge in [0.05, 0.1) is 12.3 Å². The summed E-state index contributed by atoms with van der Waals surface area (Å²) in [5, 5.41) is 10.4. The van der Waals surface area contributed by atoms with Crippen LogP contribution in [-0.2, 0) is 0 Å². The first-order chi connectivity index (χ1) is 8.97. The fraction of sp³-hybridized carbons (Fsp3) is 0.400. The van der Waals surface area contributed by atoms with E-state index in [2.05, 4.69) is 18.8 Å². The van der Waals surface area contributed by atoms with Crippen molar-refractivity contribution >= 4 is 11.3 Å². The molecule has 1 atom stereocenters. The van der Waals surface area contributed by atoms with Crippen LogP contribution in [0.25, 0.3) is 0 Å². The maximum atomic E-state index is 10.4. The average molecular weight is 277 g/mol. The van der Waals surface area contributed by atoms with Crippen LogP contribution in [0, 0.1) is 13.8 Å². The molecule has 102 valence electrons. The third kappa shape index (κ3) is 3.33. The smallest absolute Gasteiger partial charge is 0.138 e. The Bertz CT molecular complexity index is 544. The second-order valence-electron chi connectivity index (χ2n) is 4.91. The van der Waals surface area contributed by atoms with Crippen LogP contribution in [0.4, 0.5) is 0 Å². The quantitative estimate of drug-likeness (QED) is 0.928. The number of nitrogens with zero attached hydrogens (tertiary/aromatic N) is 1. The van der Waals surface area contributed by atoms with E-state index in [-0.39, 0.29) is 6.10 Å². The van der Waals surface area contributed by atoms with Gasteiger partial charge in [-0.2, -0.15) is 0 Å². The van der Waals surface area contributed by atoms with E-state index in [0.29, 0.717) is 5.75 Å². The van der Waals surface area contributed by atoms with Crippen molar-refractivity contribution in [2.75, 3.05) is 0 Å². The van der Waals surface area contributed by atoms with Gasteiger partial charge in [0.1, 0.15) is 11.9 Å². The molecule has 0 aliphatic rings. The van der Waals surface area contributed by atoms with Gasteiger partial charge in [-0.3, -0.25) is 4.98 Å². The Morgan fingerprint density at radius 1 is 1.21 bits per heavy atom. The van der Waals surface area contributed by atoms with Gasteiger partial charge in [0.2, 0.25) is 0 Å². The zero-order chi connectivity index (χ0) is 14.0. The highest BCUT2D eigenvalue weighted by Crippen LogP contribution is 2.31. The highest BCUT2D eigenvalue weighted by molar-refractivity contribution is 7.12. The molecular weight excluding hydrogens is 258 g/mol. The van der Waals surface area contributed by atoms with Gasteiger partial charge >= 0.3 is 0 Å². The van der Waals surface area contributed by atoms with Crippen LogP contribution in [-0.4, -0.2) is 16.2 Å². The van der Waals surface area contributed by atoms with E-state index < -0.39 is 6.10 Å². The molecule has 1 unspecified atom stereocenters. The predicted molar refractivity (Wildman–Crippen MR) is 77.9 cm³/mol. The summed E-state index contributed by atoms with van der Waals surface area (Å²) >= 11 is 1.62. The Hall–Kier alpha value is -1.39. The first-order valence-corrected chi connectivity index (χ1v) is 7.15. The molecule has 0 bridgehead atoms. The summed E-state index contributed by atoms with van der Waals surface area (Å²) < 4.78 is 5.60. The maximum absolute atomic E-state index is 10.4. The first-order valence-electron chi connectivity index (χ1n) is 6.34. The van der Waals surface area contributed by atoms with Gasteiger partial charge in [-0.15, -0.1) is 11.3 Å². The van der Waals surface area contributed by atoms with Crippen LogP contribution in [0.15, 0.2) is 24.5 Å². The third-order valence-electron chi connectivity index (χ3n) is 2.88. The van der Waals surface area contributed by atoms with Crippen LogP contribution in [0.5, 0.6) is 5.75 Å². The highest BCUT2D eigenvalue weighted by Gasteiger charge is 2.15. The number of ether oxygens (including phenoxy) is 1. The second kappa shape index (κ2) is 5.72. The SMILES string of the molecule is Cc1cc(C(O)c2cncc(OC(C)C)c2)sc1C. The fourth-order valence-corrected chi connectivity index (χ4v) is 2.88. The molecule has 0 radical (unpaired) electrons. The van der Waals surface area contributed by atoms with Crippen molar-refractivity contribution < 1.29 is 9.84 Å². The summed E-state index contributed by atoms with van der Waals surface area (Å²) in [5.41, 5.74) is 1.97. The second-order valence-corrected chi connectivity index (χ2v) is 6.20. The molecule has 0 aromatic carbocycles. The van der Waals surface area contributed by atoms with Crippen LogP contribution >= 0.6 is 11.3 Å². The van der Waals surface area contributed by atoms with Crippen LogP contribution in [0.2, 0.25) is 0 Å². The number of aromatic nitrogens is 1. The Morgan fingerprint density at radius 2 is 1.95 bits per heavy atom. The molecule has 1 N–H and O–H groups in total. The largest absolute Gasteiger partial charge is 0.489 e. The van der Waals surface area contributed by atoms with Crippen LogP contribution < -0.4 is 4.74 Å². The third-order valence-corrected chi connectivity index (χ3v) is 4.08. The van der Waals surface area contributed by atoms with Crippen molar-refractivity contribution in [3.05, 3.63) is 45.4 Å². The van der Waals surface area contributed by atoms with Gasteiger partial charge < -0.3 is 9.84 Å². The van der Waals surface area contributed by atoms with Crippen LogP contribution in [0.3, 0.4) is 0 Å². The number of pyridine rings is 1. The minimum absolute atomic E-state index is 0.0976. The topological polar surface area (TPSA) is 42.4 Å². The molecule has 0 saturated heterocycles. The van der Waals surface area contributed by atoms with Crippen molar-refractivity contribution in [1.29, 1.82) is 0 Å². The number of hydrogen-bond donors (Lipinski definition) is 1. The van der Waals surface area contributed by atoms with E-state index >= 15 is 0 Å². The Labute approximate surface area is 117 Å². The Kier molecular flexibility index (Phi) is 4.22. The molecule has 0 fully saturated rings. The summed E-state index contributed by atoms with van der Waals surface area (Å²) in [6.07, 6.45) is 2.81. The van der Waals surface area contributed by atoms with E-state index in [9.17, 15) is 5.11 Å². The minimum atomic E-state index is -0.638. The Morgan fingerprint density at radius 3 is 2.53 bits per heavy atom. The molecule has 2 heterocycles. The maximum Gasteiger partial charge on any atom is 0.138 e. The molecule has 0 saturated carbocycles. The molecule has 0 aliphatic carbocycles. The molecule has 3 nitrogen and oxygen atoms in total. The van der Waals surface area contributed by atoms with E-state index in [1.165, 1.54) is 10.4 Å². The van der Waals surface area contributed by atoms with Crippen LogP contribution in [0.1, 0.15) is 40.8 Å². The van der Waals surface area contributed by atoms with Crippen molar-refractivity contribution in [2.24, 2.45) is 0 Å². The van der Waals surface area contributed by atoms with Gasteiger partial charge in [-0.1, -0.05) is 0 Å². The van der Waals surface area contributed by atoms with Crippen molar-refractivity contribution in [2.45, 2.75) is 39.9 Å². The zero-order valence-corrected chi connectivity index (χ0v) is 12.5. The lowest BCUT2D eigenvalue weighted by molar-refractivity contribution is 0.218. The number of aliphatic hydroxyl groups is 1. The highest BCUT2D eigenvalue weighted by atomic mass is 32.1. The van der Waals surface area contributed by atoms with E-state index in [0.717, 1.165) is 10.4 Å². The average Bonchev–Trinajstić information content (AvgIpc) is 2.68. The normalized spacial score (nSPS) is 12.7. The van der Waals surface area contributed by atoms with Gasteiger partial charge in [0.15, 0.2) is 0 Å². The van der Waals surface area contributed by atoms with E-state index in [1.807, 2.05) is 26.0 Å². The lowest BCUT2D eigenvalue weighted by atomic mass is 10.1. The summed E-state index contributed by atoms with van der Waals surface area (Å²) in [7, 11) is 0. The number of aliphatic hydroxyl groups excluding tert-OH is 1. The summed E-state index contributed by atoms with van der Waals surface area (Å²) in [4.78, 5) is 6.31. The van der Waals surface area contributed by atoms with Gasteiger partial charge in [0, 0.05) is 21.5 Å².